The molecule has 0 saturated heterocycles. The maximum atomic E-state index is 15.8. The second-order valence-corrected chi connectivity index (χ2v) is 23.0. The van der Waals surface area contributed by atoms with Gasteiger partial charge in [-0.25, -0.2) is 4.58 Å². The number of nitrogens with zero attached hydrogens (tertiary/aromatic N) is 18. The van der Waals surface area contributed by atoms with Crippen molar-refractivity contribution >= 4 is 58.1 Å². The molecular weight excluding hydrogens is 1250 g/mol. The summed E-state index contributed by atoms with van der Waals surface area (Å²) in [7, 11) is 0. The van der Waals surface area contributed by atoms with E-state index in [1.165, 1.54) is 19.2 Å². The van der Waals surface area contributed by atoms with Crippen LogP contribution in [0.4, 0.5) is 5.69 Å². The van der Waals surface area contributed by atoms with Crippen molar-refractivity contribution in [1.29, 1.82) is 0 Å². The predicted molar refractivity (Wildman–Crippen MR) is 358 cm³/mol. The van der Waals surface area contributed by atoms with Gasteiger partial charge >= 0.3 is 5.97 Å². The summed E-state index contributed by atoms with van der Waals surface area (Å²) in [5.74, 6) is -5.09. The summed E-state index contributed by atoms with van der Waals surface area (Å²) in [5, 5.41) is 50.0. The average Bonchev–Trinajstić information content (AvgIpc) is 1.21. The van der Waals surface area contributed by atoms with Crippen molar-refractivity contribution < 1.29 is 43.1 Å². The summed E-state index contributed by atoms with van der Waals surface area (Å²) >= 11 is 0. The molecule has 4 aromatic heterocycles. The Morgan fingerprint density at radius 1 is 0.526 bits per heavy atom. The van der Waals surface area contributed by atoms with E-state index in [-0.39, 0.29) is 37.4 Å². The second kappa shape index (κ2) is 35.9. The molecule has 0 spiro atoms. The highest BCUT2D eigenvalue weighted by molar-refractivity contribution is 6.10. The SMILES string of the molecule is CCN(CC)c1ccc2c(-c3ccccc3C(=O)N(CC(=O)N(CC(=O)NCC(=O)N(CC(=O)NCC(=O)N(CC(=O)O)Cc3cn(CCCN)nn3)Cc3cn(CCCN)nn3)Cc3cn(CCCN)nn3)Cc3cn(CCCN)nn3)c3ccc(=[N+](CC)CC)cc-3oc2c1. The summed E-state index contributed by atoms with van der Waals surface area (Å²) in [6.45, 7) is 9.80. The fourth-order valence-electron chi connectivity index (χ4n) is 11.0. The first-order valence-electron chi connectivity index (χ1n) is 32.7. The number of carboxylic acid groups (broad SMARTS) is 1. The highest BCUT2D eigenvalue weighted by Gasteiger charge is 2.31. The first-order valence-corrected chi connectivity index (χ1v) is 32.7. The zero-order valence-electron chi connectivity index (χ0n) is 55.5. The van der Waals surface area contributed by atoms with Gasteiger partial charge in [0.25, 0.3) is 5.91 Å². The number of aliphatic carboxylic acids is 1. The van der Waals surface area contributed by atoms with Crippen LogP contribution in [0.15, 0.2) is 89.9 Å². The predicted octanol–water partition coefficient (Wildman–Crippen LogP) is -0.330. The lowest BCUT2D eigenvalue weighted by Crippen LogP contribution is -2.49. The van der Waals surface area contributed by atoms with Gasteiger partial charge in [0.2, 0.25) is 34.9 Å². The van der Waals surface area contributed by atoms with E-state index < -0.39 is 80.7 Å². The zero-order valence-corrected chi connectivity index (χ0v) is 55.5. The number of nitrogens with one attached hydrogen (secondary N) is 2. The molecule has 1 aliphatic heterocycles. The van der Waals surface area contributed by atoms with Crippen LogP contribution in [0.5, 0.6) is 0 Å². The molecule has 0 fully saturated rings. The zero-order chi connectivity index (χ0) is 69.4. The summed E-state index contributed by atoms with van der Waals surface area (Å²) in [4.78, 5) is 106. The van der Waals surface area contributed by atoms with E-state index in [0.29, 0.717) is 112 Å². The number of nitrogens with two attached hydrogens (primary N) is 4. The van der Waals surface area contributed by atoms with Gasteiger partial charge in [0.15, 0.2) is 0 Å². The number of fused-ring (bicyclic) bond motifs is 2. The summed E-state index contributed by atoms with van der Waals surface area (Å²) in [6, 6.07) is 19.3. The number of aryl methyl sites for hydroxylation is 4. The Balaban J connectivity index is 1.08. The van der Waals surface area contributed by atoms with Crippen LogP contribution < -0.4 is 48.4 Å². The van der Waals surface area contributed by atoms with E-state index in [1.54, 1.807) is 46.3 Å². The third kappa shape index (κ3) is 20.1. The van der Waals surface area contributed by atoms with Gasteiger partial charge < -0.3 is 67.6 Å². The second-order valence-electron chi connectivity index (χ2n) is 23.0. The molecule has 0 bridgehead atoms. The lowest BCUT2D eigenvalue weighted by Gasteiger charge is -2.28. The number of carbonyl (C=O) groups excluding carboxylic acids is 6. The Bertz CT molecular complexity index is 3990. The minimum atomic E-state index is -1.31. The Hall–Kier alpha value is -10.4. The molecule has 2 aliphatic rings. The van der Waals surface area contributed by atoms with E-state index in [0.717, 1.165) is 63.5 Å². The average molecular weight is 1340 g/mol. The molecule has 518 valence electrons. The normalized spacial score (nSPS) is 11.3. The molecule has 6 aromatic rings. The van der Waals surface area contributed by atoms with E-state index >= 15 is 9.59 Å². The maximum Gasteiger partial charge on any atom is 0.323 e. The number of benzene rings is 3. The molecule has 8 rings (SSSR count). The van der Waals surface area contributed by atoms with Crippen LogP contribution in [0.2, 0.25) is 0 Å². The number of rotatable bonds is 39. The molecule has 0 saturated carbocycles. The van der Waals surface area contributed by atoms with Crippen molar-refractivity contribution in [2.75, 3.05) is 96.5 Å². The minimum absolute atomic E-state index is 0.198. The van der Waals surface area contributed by atoms with Crippen LogP contribution in [0.1, 0.15) is 86.5 Å². The van der Waals surface area contributed by atoms with Crippen molar-refractivity contribution in [2.45, 2.75) is 106 Å². The van der Waals surface area contributed by atoms with Gasteiger partial charge in [-0.05, 0) is 109 Å². The molecule has 97 heavy (non-hydrogen) atoms. The first kappa shape index (κ1) is 72.4. The highest BCUT2D eigenvalue weighted by atomic mass is 16.4. The lowest BCUT2D eigenvalue weighted by molar-refractivity contribution is -0.145. The number of hydrogen-bond acceptors (Lipinski definition) is 21. The van der Waals surface area contributed by atoms with Crippen LogP contribution in [0, 0.1) is 0 Å². The number of amides is 6. The number of carbonyl (C=O) groups is 7. The Morgan fingerprint density at radius 3 is 1.43 bits per heavy atom. The summed E-state index contributed by atoms with van der Waals surface area (Å²) in [5.41, 5.74) is 28.1. The fourth-order valence-corrected chi connectivity index (χ4v) is 11.0. The molecule has 5 heterocycles. The molecule has 33 heteroatoms. The first-order chi connectivity index (χ1) is 47.0. The molecule has 0 unspecified atom stereocenters. The molecule has 33 nitrogen and oxygen atoms in total. The maximum absolute atomic E-state index is 15.8. The van der Waals surface area contributed by atoms with Crippen molar-refractivity contribution in [1.82, 2.24) is 94.8 Å². The largest absolute Gasteiger partial charge is 0.480 e. The standard InChI is InChI=1S/C64H88N24O9/c1-5-79(6-2)49-17-19-53-55(29-49)97-56-30-50(80(7-3)8-4)18-20-54(56)63(53)51-15-9-10-16-52(51)64(96)84(36-48-40-88(78-74-48)28-14-24-68)43-61(93)82(34-46-38-86(76-72-46)26-12-22-66)42-58(90)69-31-59(91)81(33-45-37-85(75-71-45)25-11-21-65)41-57(89)70-32-60(92)83(44-62(94)95)35-47-39-87(77-73-47)27-13-23-67/h9-10,15-20,29-30,37-40H,5-8,11-14,21-28,31-36,41-44,65-68H2,1-4H3,(H2-,69,70,89,90,94,95)/p+1. The van der Waals surface area contributed by atoms with Crippen LogP contribution >= 0.6 is 0 Å². The van der Waals surface area contributed by atoms with Crippen LogP contribution in [-0.4, -0.2) is 218 Å². The van der Waals surface area contributed by atoms with Gasteiger partial charge in [-0.2, -0.15) is 0 Å². The monoisotopic (exact) mass is 1340 g/mol. The number of carboxylic acids is 1. The Labute approximate surface area is 560 Å². The van der Waals surface area contributed by atoms with Gasteiger partial charge in [-0.15, -0.1) is 20.4 Å². The van der Waals surface area contributed by atoms with Crippen molar-refractivity contribution in [3.63, 3.8) is 0 Å². The van der Waals surface area contributed by atoms with E-state index in [4.69, 9.17) is 27.4 Å². The van der Waals surface area contributed by atoms with Crippen molar-refractivity contribution in [3.8, 4) is 22.5 Å². The molecule has 2 aromatic carbocycles. The summed E-state index contributed by atoms with van der Waals surface area (Å²) < 4.78 is 15.2. The van der Waals surface area contributed by atoms with Crippen LogP contribution in [0.3, 0.4) is 0 Å². The fraction of sp³-hybridized carbons (Fsp3) is 0.469. The molecule has 6 amide bonds. The lowest BCUT2D eigenvalue weighted by atomic mass is 9.90. The summed E-state index contributed by atoms with van der Waals surface area (Å²) in [6.07, 6.45) is 8.81. The molecule has 11 N–H and O–H groups in total. The number of hydrogen-bond donors (Lipinski definition) is 7. The molecule has 0 atom stereocenters. The van der Waals surface area contributed by atoms with E-state index in [9.17, 15) is 29.1 Å². The number of anilines is 1. The van der Waals surface area contributed by atoms with Gasteiger partial charge in [-0.1, -0.05) is 39.1 Å². The van der Waals surface area contributed by atoms with Crippen molar-refractivity contribution in [2.24, 2.45) is 22.9 Å². The smallest absolute Gasteiger partial charge is 0.323 e. The quantitative estimate of drug-likeness (QED) is 0.0192. The topological polar surface area (TPSA) is 423 Å². The molecule has 1 aliphatic carbocycles. The third-order valence-electron chi connectivity index (χ3n) is 16.0. The Kier molecular flexibility index (Phi) is 26.8. The van der Waals surface area contributed by atoms with E-state index in [1.807, 2.05) is 48.5 Å². The van der Waals surface area contributed by atoms with E-state index in [2.05, 4.69) is 89.1 Å². The third-order valence-corrected chi connectivity index (χ3v) is 16.0. The Morgan fingerprint density at radius 2 is 0.979 bits per heavy atom. The minimum Gasteiger partial charge on any atom is -0.480 e. The highest BCUT2D eigenvalue weighted by Crippen LogP contribution is 2.42. The molecular formula is C64H89N24O9+. The van der Waals surface area contributed by atoms with Crippen molar-refractivity contribution in [3.05, 3.63) is 119 Å². The van der Waals surface area contributed by atoms with Crippen LogP contribution in [0.25, 0.3) is 33.4 Å². The van der Waals surface area contributed by atoms with Gasteiger partial charge in [0.1, 0.15) is 60.3 Å². The van der Waals surface area contributed by atoms with Gasteiger partial charge in [0.05, 0.1) is 83.2 Å². The van der Waals surface area contributed by atoms with Gasteiger partial charge in [0, 0.05) is 79.2 Å². The molecule has 0 radical (unpaired) electrons. The van der Waals surface area contributed by atoms with Gasteiger partial charge in [-0.3, -0.25) is 52.3 Å². The number of aromatic nitrogens is 12. The van der Waals surface area contributed by atoms with Crippen LogP contribution in [-0.2, 0) is 81.1 Å².